The second-order valence-corrected chi connectivity index (χ2v) is 5.80. The largest absolute Gasteiger partial charge is 0.512 e. The van der Waals surface area contributed by atoms with Gasteiger partial charge in [-0.3, -0.25) is 0 Å². The lowest BCUT2D eigenvalue weighted by molar-refractivity contribution is -0.311. The maximum atomic E-state index is 12.3. The van der Waals surface area contributed by atoms with Crippen molar-refractivity contribution in [3.63, 3.8) is 0 Å². The first-order chi connectivity index (χ1) is 13.9. The normalized spacial score (nSPS) is 13.1. The van der Waals surface area contributed by atoms with Gasteiger partial charge in [-0.25, -0.2) is 14.6 Å². The van der Waals surface area contributed by atoms with Crippen LogP contribution in [0, 0.1) is 0 Å². The fraction of sp³-hybridized carbons (Fsp3) is 0.353. The van der Waals surface area contributed by atoms with Gasteiger partial charge in [-0.15, -0.1) is 0 Å². The predicted octanol–water partition coefficient (Wildman–Crippen LogP) is 4.25. The van der Waals surface area contributed by atoms with Gasteiger partial charge in [-0.05, 0) is 12.5 Å². The third-order valence-electron chi connectivity index (χ3n) is 3.75. The fourth-order valence-electron chi connectivity index (χ4n) is 2.32. The summed E-state index contributed by atoms with van der Waals surface area (Å²) in [6, 6.07) is 8.55. The van der Waals surface area contributed by atoms with Gasteiger partial charge in [-0.1, -0.05) is 30.3 Å². The van der Waals surface area contributed by atoms with Crippen LogP contribution in [0.1, 0.15) is 29.0 Å². The predicted molar refractivity (Wildman–Crippen MR) is 86.2 cm³/mol. The van der Waals surface area contributed by atoms with Crippen LogP contribution in [0.2, 0.25) is 0 Å². The molecule has 0 aliphatic carbocycles. The van der Waals surface area contributed by atoms with Crippen LogP contribution in [0.3, 0.4) is 0 Å². The van der Waals surface area contributed by atoms with Crippen LogP contribution < -0.4 is 0 Å². The summed E-state index contributed by atoms with van der Waals surface area (Å²) in [5, 5.41) is 0. The molecule has 0 radical (unpaired) electrons. The smallest absolute Gasteiger partial charge is 0.423 e. The molecule has 2 rings (SSSR count). The molecule has 13 heteroatoms. The van der Waals surface area contributed by atoms with Crippen LogP contribution in [0.15, 0.2) is 42.9 Å². The topological polar surface area (TPSA) is 79.7 Å². The van der Waals surface area contributed by atoms with Gasteiger partial charge in [0.2, 0.25) is 6.79 Å². The van der Waals surface area contributed by atoms with Crippen molar-refractivity contribution in [3.8, 4) is 0 Å². The Morgan fingerprint density at radius 3 is 2.20 bits per heavy atom. The summed E-state index contributed by atoms with van der Waals surface area (Å²) in [4.78, 5) is 27.0. The van der Waals surface area contributed by atoms with Gasteiger partial charge in [-0.2, -0.15) is 26.3 Å². The average Bonchev–Trinajstić information content (AvgIpc) is 3.14. The van der Waals surface area contributed by atoms with Gasteiger partial charge in [0.15, 0.2) is 0 Å². The minimum absolute atomic E-state index is 0.0909. The molecule has 0 spiro atoms. The van der Waals surface area contributed by atoms with E-state index in [4.69, 9.17) is 0 Å². The molecule has 1 atom stereocenters. The van der Waals surface area contributed by atoms with Crippen molar-refractivity contribution in [2.45, 2.75) is 31.4 Å². The molecule has 2 aromatic rings. The van der Waals surface area contributed by atoms with Gasteiger partial charge in [0.1, 0.15) is 5.69 Å². The van der Waals surface area contributed by atoms with Crippen LogP contribution in [-0.4, -0.2) is 46.9 Å². The van der Waals surface area contributed by atoms with Crippen LogP contribution in [-0.2, 0) is 14.2 Å². The van der Waals surface area contributed by atoms with Crippen molar-refractivity contribution in [3.05, 3.63) is 54.1 Å². The molecule has 0 aliphatic rings. The number of esters is 1. The Kier molecular flexibility index (Phi) is 6.95. The van der Waals surface area contributed by atoms with Crippen LogP contribution in [0.4, 0.5) is 31.1 Å². The maximum Gasteiger partial charge on any atom is 0.512 e. The molecule has 0 amide bonds. The monoisotopic (exact) mass is 440 g/mol. The molecule has 0 fully saturated rings. The van der Waals surface area contributed by atoms with E-state index in [-0.39, 0.29) is 11.7 Å². The molecular weight excluding hydrogens is 426 g/mol. The van der Waals surface area contributed by atoms with Gasteiger partial charge in [0, 0.05) is 0 Å². The lowest BCUT2D eigenvalue weighted by Crippen LogP contribution is -2.45. The summed E-state index contributed by atoms with van der Waals surface area (Å²) in [6.45, 7) is 0.473. The molecule has 30 heavy (non-hydrogen) atoms. The molecule has 0 saturated heterocycles. The number of ether oxygens (including phenoxy) is 3. The van der Waals surface area contributed by atoms with E-state index < -0.39 is 37.4 Å². The Morgan fingerprint density at radius 1 is 1.03 bits per heavy atom. The van der Waals surface area contributed by atoms with E-state index in [1.165, 1.54) is 10.9 Å². The molecule has 1 aromatic carbocycles. The van der Waals surface area contributed by atoms with Crippen molar-refractivity contribution in [2.24, 2.45) is 0 Å². The van der Waals surface area contributed by atoms with E-state index in [0.29, 0.717) is 0 Å². The number of rotatable bonds is 6. The van der Waals surface area contributed by atoms with Crippen molar-refractivity contribution in [1.29, 1.82) is 0 Å². The van der Waals surface area contributed by atoms with Gasteiger partial charge in [0.05, 0.1) is 18.6 Å². The van der Waals surface area contributed by atoms with Crippen molar-refractivity contribution >= 4 is 12.1 Å². The molecule has 0 N–H and O–H groups in total. The number of hydrogen-bond donors (Lipinski definition) is 0. The van der Waals surface area contributed by atoms with Crippen molar-refractivity contribution < 1.29 is 50.1 Å². The van der Waals surface area contributed by atoms with Crippen LogP contribution in [0.25, 0.3) is 0 Å². The highest BCUT2D eigenvalue weighted by molar-refractivity contribution is 5.87. The Bertz CT molecular complexity index is 852. The summed E-state index contributed by atoms with van der Waals surface area (Å²) < 4.78 is 87.2. The fourth-order valence-corrected chi connectivity index (χ4v) is 2.32. The molecule has 1 aromatic heterocycles. The first kappa shape index (κ1) is 23.0. The number of imidazole rings is 1. The van der Waals surface area contributed by atoms with E-state index in [1.807, 2.05) is 0 Å². The summed E-state index contributed by atoms with van der Waals surface area (Å²) in [5.74, 6) is -1.08. The first-order valence-electron chi connectivity index (χ1n) is 8.12. The van der Waals surface area contributed by atoms with Crippen molar-refractivity contribution in [1.82, 2.24) is 9.55 Å². The molecule has 0 aliphatic heterocycles. The molecule has 0 saturated carbocycles. The standard InChI is InChI=1S/C17H14F6N2O5/c1-10(11-5-3-2-4-6-11)25-8-24-7-12(25)13(26)28-9-29-15(27)30-14(16(18,19)20)17(21,22)23/h2-8,10,14H,9H2,1H3/t10-/m1/s1. The summed E-state index contributed by atoms with van der Waals surface area (Å²) >= 11 is 0. The number of aromatic nitrogens is 2. The number of alkyl halides is 6. The number of carbonyl (C=O) groups excluding carboxylic acids is 2. The molecule has 7 nitrogen and oxygen atoms in total. The second-order valence-electron chi connectivity index (χ2n) is 5.80. The highest BCUT2D eigenvalue weighted by Gasteiger charge is 2.60. The Labute approximate surface area is 165 Å². The van der Waals surface area contributed by atoms with Gasteiger partial charge < -0.3 is 18.8 Å². The molecular formula is C17H14F6N2O5. The van der Waals surface area contributed by atoms with E-state index in [1.54, 1.807) is 37.3 Å². The van der Waals surface area contributed by atoms with Crippen LogP contribution in [0.5, 0.6) is 0 Å². The summed E-state index contributed by atoms with van der Waals surface area (Å²) in [5.41, 5.74) is 0.724. The Morgan fingerprint density at radius 2 is 1.63 bits per heavy atom. The van der Waals surface area contributed by atoms with Crippen LogP contribution >= 0.6 is 0 Å². The zero-order valence-electron chi connectivity index (χ0n) is 15.1. The van der Waals surface area contributed by atoms with E-state index in [2.05, 4.69) is 19.2 Å². The average molecular weight is 440 g/mol. The zero-order valence-corrected chi connectivity index (χ0v) is 15.1. The van der Waals surface area contributed by atoms with Crippen molar-refractivity contribution in [2.75, 3.05) is 6.79 Å². The number of carbonyl (C=O) groups is 2. The lowest BCUT2D eigenvalue weighted by atomic mass is 10.1. The van der Waals surface area contributed by atoms with E-state index in [0.717, 1.165) is 11.8 Å². The highest BCUT2D eigenvalue weighted by Crippen LogP contribution is 2.35. The molecule has 0 bridgehead atoms. The summed E-state index contributed by atoms with van der Waals surface area (Å²) in [6.07, 6.45) is -16.0. The number of nitrogens with zero attached hydrogens (tertiary/aromatic N) is 2. The SMILES string of the molecule is C[C@H](c1ccccc1)n1cncc1C(=O)OCOC(=O)OC(C(F)(F)F)C(F)(F)F. The highest BCUT2D eigenvalue weighted by atomic mass is 19.4. The van der Waals surface area contributed by atoms with Gasteiger partial charge in [0.25, 0.3) is 6.10 Å². The molecule has 0 unspecified atom stereocenters. The first-order valence-corrected chi connectivity index (χ1v) is 8.12. The maximum absolute atomic E-state index is 12.3. The third kappa shape index (κ3) is 5.87. The Balaban J connectivity index is 1.94. The molecule has 164 valence electrons. The van der Waals surface area contributed by atoms with Gasteiger partial charge >= 0.3 is 24.5 Å². The number of halogens is 6. The number of hydrogen-bond acceptors (Lipinski definition) is 6. The van der Waals surface area contributed by atoms with E-state index in [9.17, 15) is 35.9 Å². The third-order valence-corrected chi connectivity index (χ3v) is 3.75. The minimum Gasteiger partial charge on any atom is -0.423 e. The second kappa shape index (κ2) is 9.05. The summed E-state index contributed by atoms with van der Waals surface area (Å²) in [7, 11) is 0. The van der Waals surface area contributed by atoms with E-state index >= 15 is 0 Å². The molecule has 1 heterocycles. The zero-order chi connectivity index (χ0) is 22.5. The lowest BCUT2D eigenvalue weighted by Gasteiger charge is -2.22. The quantitative estimate of drug-likeness (QED) is 0.380. The number of benzene rings is 1. The Hall–Kier alpha value is -3.25. The minimum atomic E-state index is -5.89.